The first-order chi connectivity index (χ1) is 27.5. The van der Waals surface area contributed by atoms with Gasteiger partial charge < -0.3 is 59.8 Å². The Morgan fingerprint density at radius 3 is 0.807 bits per heavy atom. The van der Waals surface area contributed by atoms with Gasteiger partial charge in [-0.15, -0.1) is 0 Å². The van der Waals surface area contributed by atoms with E-state index in [1.807, 2.05) is 49.4 Å². The van der Waals surface area contributed by atoms with E-state index in [0.717, 1.165) is 13.0 Å². The lowest BCUT2D eigenvalue weighted by atomic mass is 10.1. The summed E-state index contributed by atoms with van der Waals surface area (Å²) in [6, 6.07) is 13.9. The second-order valence-corrected chi connectivity index (χ2v) is 12.8. The van der Waals surface area contributed by atoms with Gasteiger partial charge in [-0.3, -0.25) is 0 Å². The first kappa shape index (κ1) is 57.3. The predicted octanol–water partition coefficient (Wildman–Crippen LogP) is 2.03. The zero-order valence-corrected chi connectivity index (χ0v) is 33.9. The largest absolute Gasteiger partial charge is 0.379 e. The number of hydrogen-bond acceptors (Lipinski definition) is 19. The number of hydrogen-bond donors (Lipinski definition) is 3. The third kappa shape index (κ3) is 44.5. The Kier molecular flexibility index (Phi) is 43.3. The first-order valence-electron chi connectivity index (χ1n) is 18.6. The van der Waals surface area contributed by atoms with Crippen molar-refractivity contribution < 1.29 is 42.6 Å². The number of rotatable bonds is 35. The molecular formula is C38H64N10O9. The van der Waals surface area contributed by atoms with Crippen LogP contribution in [0.1, 0.15) is 65.2 Å². The van der Waals surface area contributed by atoms with Crippen LogP contribution in [0.2, 0.25) is 0 Å². The monoisotopic (exact) mass is 804 g/mol. The Morgan fingerprint density at radius 1 is 0.333 bits per heavy atom. The molecule has 320 valence electrons. The molecule has 0 rings (SSSR count). The molecular weight excluding hydrogens is 740 g/mol. The van der Waals surface area contributed by atoms with Crippen LogP contribution in [0, 0.1) is 79.3 Å². The molecule has 0 aromatic carbocycles. The highest BCUT2D eigenvalue weighted by Crippen LogP contribution is 2.07. The van der Waals surface area contributed by atoms with Gasteiger partial charge in [-0.1, -0.05) is 6.92 Å². The summed E-state index contributed by atoms with van der Waals surface area (Å²) < 4.78 is 47.9. The average Bonchev–Trinajstić information content (AvgIpc) is 3.19. The highest BCUT2D eigenvalue weighted by Gasteiger charge is 2.27. The maximum atomic E-state index is 8.48. The van der Waals surface area contributed by atoms with Crippen molar-refractivity contribution in [3.05, 3.63) is 0 Å². The summed E-state index contributed by atoms with van der Waals surface area (Å²) in [5.74, 6) is 0. The molecule has 0 aliphatic carbocycles. The standard InChI is InChI=1S/C15H24N4O4.C13H20N4O3.C10H20N2O2/c16-4-1-7-20-10-11-23-14-15(19,12-21-8-2-5-17)13-22-9-3-6-18;14-4-1-7-18-10-13(17,11-19-8-2-5-15)12-20-9-3-6-16;1-3-6-13-8-10(2,12)9-14-7-4-5-11/h1-3,7-14,19H2;1-3,7-12,17H2;3-4,6-9,12H2,1-2H3. The van der Waals surface area contributed by atoms with E-state index in [1.165, 1.54) is 0 Å². The summed E-state index contributed by atoms with van der Waals surface area (Å²) >= 11 is 0. The number of nitrogens with zero attached hydrogens (tertiary/aromatic N) is 7. The van der Waals surface area contributed by atoms with Crippen molar-refractivity contribution in [3.8, 4) is 42.5 Å². The van der Waals surface area contributed by atoms with Crippen LogP contribution in [0.15, 0.2) is 0 Å². The van der Waals surface area contributed by atoms with Gasteiger partial charge in [0.25, 0.3) is 0 Å². The van der Waals surface area contributed by atoms with Crippen molar-refractivity contribution in [3.63, 3.8) is 0 Å². The average molecular weight is 805 g/mol. The van der Waals surface area contributed by atoms with Crippen molar-refractivity contribution in [1.82, 2.24) is 0 Å². The molecule has 0 spiro atoms. The summed E-state index contributed by atoms with van der Waals surface area (Å²) in [6.07, 6.45) is 3.21. The molecule has 0 saturated carbocycles. The lowest BCUT2D eigenvalue weighted by molar-refractivity contribution is -0.0323. The van der Waals surface area contributed by atoms with Gasteiger partial charge in [0.15, 0.2) is 0 Å². The molecule has 0 aromatic heterocycles. The summed E-state index contributed by atoms with van der Waals surface area (Å²) in [4.78, 5) is 0. The van der Waals surface area contributed by atoms with Gasteiger partial charge in [-0.05, 0) is 13.3 Å². The molecule has 19 nitrogen and oxygen atoms in total. The van der Waals surface area contributed by atoms with E-state index in [-0.39, 0.29) is 39.6 Å². The third-order valence-electron chi connectivity index (χ3n) is 6.43. The molecule has 0 heterocycles. The first-order valence-corrected chi connectivity index (χ1v) is 18.6. The van der Waals surface area contributed by atoms with Crippen LogP contribution in [0.3, 0.4) is 0 Å². The van der Waals surface area contributed by atoms with E-state index >= 15 is 0 Å². The molecule has 0 aliphatic rings. The number of nitriles is 7. The molecule has 0 radical (unpaired) electrons. The van der Waals surface area contributed by atoms with E-state index in [0.29, 0.717) is 118 Å². The molecule has 1 atom stereocenters. The van der Waals surface area contributed by atoms with Gasteiger partial charge in [-0.25, -0.2) is 0 Å². The highest BCUT2D eigenvalue weighted by atomic mass is 16.5. The van der Waals surface area contributed by atoms with Gasteiger partial charge >= 0.3 is 0 Å². The van der Waals surface area contributed by atoms with E-state index in [9.17, 15) is 0 Å². The van der Waals surface area contributed by atoms with Crippen LogP contribution < -0.4 is 17.2 Å². The molecule has 19 heteroatoms. The van der Waals surface area contributed by atoms with Crippen molar-refractivity contribution in [2.45, 2.75) is 81.8 Å². The normalized spacial score (nSPS) is 11.6. The van der Waals surface area contributed by atoms with Gasteiger partial charge in [-0.2, -0.15) is 36.8 Å². The van der Waals surface area contributed by atoms with Crippen LogP contribution in [0.4, 0.5) is 0 Å². The van der Waals surface area contributed by atoms with Crippen LogP contribution in [0.5, 0.6) is 0 Å². The maximum absolute atomic E-state index is 8.48. The van der Waals surface area contributed by atoms with E-state index < -0.39 is 16.6 Å². The molecule has 0 saturated heterocycles. The van der Waals surface area contributed by atoms with Crippen LogP contribution in [-0.2, 0) is 42.6 Å². The summed E-state index contributed by atoms with van der Waals surface area (Å²) in [7, 11) is 0. The summed E-state index contributed by atoms with van der Waals surface area (Å²) in [6.45, 7) is 9.76. The lowest BCUT2D eigenvalue weighted by Gasteiger charge is -2.28. The van der Waals surface area contributed by atoms with Gasteiger partial charge in [0.1, 0.15) is 0 Å². The Bertz CT molecular complexity index is 1170. The highest BCUT2D eigenvalue weighted by molar-refractivity contribution is 4.86. The SMILES string of the molecule is CCCOCC(C)(N)COCCC#N.N#CCCOCC(N)(COCCC#N)COCCC#N.N#CCCOCCOCC(N)(COCCC#N)COCCC#N. The van der Waals surface area contributed by atoms with Crippen molar-refractivity contribution in [2.75, 3.05) is 119 Å². The topological polar surface area (TPSA) is 328 Å². The van der Waals surface area contributed by atoms with Gasteiger partial charge in [0.05, 0.1) is 216 Å². The molecule has 0 aromatic rings. The van der Waals surface area contributed by atoms with Crippen LogP contribution in [0.25, 0.3) is 0 Å². The molecule has 57 heavy (non-hydrogen) atoms. The Morgan fingerprint density at radius 2 is 0.544 bits per heavy atom. The molecule has 1 unspecified atom stereocenters. The smallest absolute Gasteiger partial charge is 0.0865 e. The molecule has 0 aliphatic heterocycles. The summed E-state index contributed by atoms with van der Waals surface area (Å²) in [5.41, 5.74) is 16.1. The minimum Gasteiger partial charge on any atom is -0.379 e. The molecule has 6 N–H and O–H groups in total. The zero-order valence-electron chi connectivity index (χ0n) is 33.9. The third-order valence-corrected chi connectivity index (χ3v) is 6.43. The van der Waals surface area contributed by atoms with Crippen molar-refractivity contribution in [2.24, 2.45) is 17.2 Å². The number of ether oxygens (including phenoxy) is 9. The van der Waals surface area contributed by atoms with E-state index in [2.05, 4.69) is 6.92 Å². The quantitative estimate of drug-likeness (QED) is 0.0771. The minimum atomic E-state index is -0.850. The van der Waals surface area contributed by atoms with Crippen LogP contribution in [-0.4, -0.2) is 136 Å². The van der Waals surface area contributed by atoms with Gasteiger partial charge in [0.2, 0.25) is 0 Å². The Hall–Kier alpha value is -4.05. The van der Waals surface area contributed by atoms with Crippen molar-refractivity contribution in [1.29, 1.82) is 36.8 Å². The molecule has 0 fully saturated rings. The Labute approximate surface area is 339 Å². The molecule has 0 amide bonds. The fraction of sp³-hybridized carbons (Fsp3) is 0.816. The zero-order chi connectivity index (χ0) is 43.2. The molecule has 0 bridgehead atoms. The summed E-state index contributed by atoms with van der Waals surface area (Å²) in [5, 5.41) is 58.9. The lowest BCUT2D eigenvalue weighted by Crippen LogP contribution is -2.53. The maximum Gasteiger partial charge on any atom is 0.0865 e. The fourth-order valence-corrected chi connectivity index (χ4v) is 3.74. The second-order valence-electron chi connectivity index (χ2n) is 12.8. The minimum absolute atomic E-state index is 0.188. The fourth-order valence-electron chi connectivity index (χ4n) is 3.74. The van der Waals surface area contributed by atoms with E-state index in [4.69, 9.17) is 96.7 Å². The predicted molar refractivity (Wildman–Crippen MR) is 206 cm³/mol. The number of nitrogens with two attached hydrogens (primary N) is 3. The van der Waals surface area contributed by atoms with Gasteiger partial charge in [0, 0.05) is 6.61 Å². The van der Waals surface area contributed by atoms with E-state index in [1.54, 1.807) is 0 Å². The van der Waals surface area contributed by atoms with Crippen LogP contribution >= 0.6 is 0 Å². The van der Waals surface area contributed by atoms with Crippen molar-refractivity contribution >= 4 is 0 Å². The Balaban J connectivity index is -0.000000790. The second kappa shape index (κ2) is 43.1.